The second-order valence-corrected chi connectivity index (χ2v) is 8.23. The van der Waals surface area contributed by atoms with Crippen LogP contribution in [0.2, 0.25) is 5.02 Å². The van der Waals surface area contributed by atoms with Crippen LogP contribution in [0.3, 0.4) is 0 Å². The number of urea groups is 1. The summed E-state index contributed by atoms with van der Waals surface area (Å²) < 4.78 is 18.9. The fourth-order valence-electron chi connectivity index (χ4n) is 3.34. The molecule has 0 aliphatic heterocycles. The van der Waals surface area contributed by atoms with Crippen molar-refractivity contribution in [1.82, 2.24) is 15.2 Å². The fraction of sp³-hybridized carbons (Fsp3) is 0.292. The van der Waals surface area contributed by atoms with E-state index in [9.17, 15) is 24.2 Å². The van der Waals surface area contributed by atoms with E-state index in [2.05, 4.69) is 15.6 Å². The van der Waals surface area contributed by atoms with Crippen molar-refractivity contribution in [3.05, 3.63) is 71.1 Å². The number of aromatic nitrogens is 1. The number of hydrogen-bond donors (Lipinski definition) is 4. The molecule has 2 aromatic carbocycles. The molecular formula is C24H26ClFN4O5. The number of hydrogen-bond acceptors (Lipinski definition) is 6. The summed E-state index contributed by atoms with van der Waals surface area (Å²) in [6.45, 7) is -0.830. The molecule has 186 valence electrons. The Balaban J connectivity index is 1.59. The SMILES string of the molecule is CN(C(=O)NCc1cccc(F)c1Cl)[C@H](COC(=O)Nc1cc2ccccc2cn1)CC(O)CO. The molecule has 4 N–H and O–H groups in total. The van der Waals surface area contributed by atoms with Gasteiger partial charge in [0.1, 0.15) is 18.2 Å². The molecule has 1 heterocycles. The monoisotopic (exact) mass is 504 g/mol. The normalized spacial score (nSPS) is 12.6. The van der Waals surface area contributed by atoms with Crippen LogP contribution in [-0.2, 0) is 11.3 Å². The minimum Gasteiger partial charge on any atom is -0.447 e. The van der Waals surface area contributed by atoms with Gasteiger partial charge < -0.3 is 25.2 Å². The van der Waals surface area contributed by atoms with E-state index >= 15 is 0 Å². The standard InChI is InChI=1S/C24H26ClFN4O5/c1-30(23(33)28-12-17-7-4-8-20(26)22(17)25)18(10-19(32)13-31)14-35-24(34)29-21-9-15-5-2-3-6-16(15)11-27-21/h2-9,11,18-19,31-32H,10,12-14H2,1H3,(H,28,33)(H,27,29,34)/t18-,19?/m0/s1. The van der Waals surface area contributed by atoms with Gasteiger partial charge in [-0.15, -0.1) is 0 Å². The van der Waals surface area contributed by atoms with Crippen LogP contribution in [-0.4, -0.2) is 64.6 Å². The number of fused-ring (bicyclic) bond motifs is 1. The van der Waals surface area contributed by atoms with Crippen LogP contribution in [0.1, 0.15) is 12.0 Å². The Morgan fingerprint density at radius 1 is 1.20 bits per heavy atom. The lowest BCUT2D eigenvalue weighted by molar-refractivity contribution is 0.0480. The number of carbonyl (C=O) groups is 2. The third kappa shape index (κ3) is 7.25. The number of halogens is 2. The average Bonchev–Trinajstić information content (AvgIpc) is 2.86. The van der Waals surface area contributed by atoms with Gasteiger partial charge in [-0.25, -0.2) is 19.0 Å². The lowest BCUT2D eigenvalue weighted by Crippen LogP contribution is -2.47. The molecule has 0 aliphatic carbocycles. The average molecular weight is 505 g/mol. The zero-order chi connectivity index (χ0) is 25.4. The van der Waals surface area contributed by atoms with E-state index in [0.29, 0.717) is 11.4 Å². The number of rotatable bonds is 9. The Kier molecular flexibility index (Phi) is 9.18. The molecule has 0 saturated carbocycles. The van der Waals surface area contributed by atoms with E-state index in [4.69, 9.17) is 16.3 Å². The van der Waals surface area contributed by atoms with Crippen LogP contribution < -0.4 is 10.6 Å². The van der Waals surface area contributed by atoms with Crippen LogP contribution in [0, 0.1) is 5.82 Å². The van der Waals surface area contributed by atoms with Crippen LogP contribution in [0.5, 0.6) is 0 Å². The molecule has 3 aromatic rings. The second-order valence-electron chi connectivity index (χ2n) is 7.85. The highest BCUT2D eigenvalue weighted by atomic mass is 35.5. The van der Waals surface area contributed by atoms with E-state index in [1.807, 2.05) is 24.3 Å². The lowest BCUT2D eigenvalue weighted by Gasteiger charge is -2.29. The molecule has 3 amide bonds. The van der Waals surface area contributed by atoms with Crippen molar-refractivity contribution < 1.29 is 28.9 Å². The number of anilines is 1. The van der Waals surface area contributed by atoms with E-state index in [0.717, 1.165) is 10.8 Å². The number of pyridine rings is 1. The predicted octanol–water partition coefficient (Wildman–Crippen LogP) is 3.53. The smallest absolute Gasteiger partial charge is 0.412 e. The number of nitrogens with one attached hydrogen (secondary N) is 2. The Morgan fingerprint density at radius 2 is 1.94 bits per heavy atom. The highest BCUT2D eigenvalue weighted by molar-refractivity contribution is 6.31. The summed E-state index contributed by atoms with van der Waals surface area (Å²) in [5.41, 5.74) is 0.388. The van der Waals surface area contributed by atoms with Gasteiger partial charge in [-0.3, -0.25) is 5.32 Å². The first-order valence-corrected chi connectivity index (χ1v) is 11.2. The largest absolute Gasteiger partial charge is 0.447 e. The predicted molar refractivity (Wildman–Crippen MR) is 130 cm³/mol. The summed E-state index contributed by atoms with van der Waals surface area (Å²) in [5, 5.41) is 26.0. The number of aliphatic hydroxyl groups excluding tert-OH is 2. The number of amides is 3. The van der Waals surface area contributed by atoms with Gasteiger partial charge in [0.2, 0.25) is 0 Å². The molecular weight excluding hydrogens is 479 g/mol. The summed E-state index contributed by atoms with van der Waals surface area (Å²) in [4.78, 5) is 30.4. The second kappa shape index (κ2) is 12.3. The van der Waals surface area contributed by atoms with Crippen molar-refractivity contribution in [2.75, 3.05) is 25.6 Å². The number of nitrogens with zero attached hydrogens (tertiary/aromatic N) is 2. The van der Waals surface area contributed by atoms with Gasteiger partial charge in [0, 0.05) is 25.2 Å². The van der Waals surface area contributed by atoms with E-state index in [1.54, 1.807) is 18.3 Å². The zero-order valence-corrected chi connectivity index (χ0v) is 19.7. The van der Waals surface area contributed by atoms with Crippen LogP contribution in [0.4, 0.5) is 19.8 Å². The van der Waals surface area contributed by atoms with Gasteiger partial charge in [0.25, 0.3) is 0 Å². The highest BCUT2D eigenvalue weighted by Crippen LogP contribution is 2.20. The molecule has 0 radical (unpaired) electrons. The molecule has 11 heteroatoms. The molecule has 2 atom stereocenters. The maximum Gasteiger partial charge on any atom is 0.412 e. The topological polar surface area (TPSA) is 124 Å². The molecule has 0 fully saturated rings. The Bertz CT molecular complexity index is 1180. The summed E-state index contributed by atoms with van der Waals surface area (Å²) in [5.74, 6) is -0.310. The minimum atomic E-state index is -1.14. The molecule has 3 rings (SSSR count). The maximum absolute atomic E-state index is 13.6. The number of carbonyl (C=O) groups excluding carboxylic acids is 2. The molecule has 1 unspecified atom stereocenters. The molecule has 0 bridgehead atoms. The molecule has 0 spiro atoms. The molecule has 0 aliphatic rings. The van der Waals surface area contributed by atoms with Crippen molar-refractivity contribution >= 4 is 40.3 Å². The molecule has 0 saturated heterocycles. The third-order valence-corrected chi connectivity index (χ3v) is 5.78. The molecule has 1 aromatic heterocycles. The van der Waals surface area contributed by atoms with Crippen LogP contribution in [0.25, 0.3) is 10.8 Å². The summed E-state index contributed by atoms with van der Waals surface area (Å²) in [6, 6.07) is 12.1. The van der Waals surface area contributed by atoms with Crippen LogP contribution >= 0.6 is 11.6 Å². The Labute approximate surface area is 206 Å². The van der Waals surface area contributed by atoms with E-state index < -0.39 is 36.7 Å². The third-order valence-electron chi connectivity index (χ3n) is 5.35. The van der Waals surface area contributed by atoms with Gasteiger partial charge >= 0.3 is 12.1 Å². The number of aliphatic hydroxyl groups is 2. The van der Waals surface area contributed by atoms with Gasteiger partial charge in [0.05, 0.1) is 23.8 Å². The van der Waals surface area contributed by atoms with Gasteiger partial charge in [-0.2, -0.15) is 0 Å². The van der Waals surface area contributed by atoms with E-state index in [1.165, 1.54) is 24.1 Å². The Morgan fingerprint density at radius 3 is 2.69 bits per heavy atom. The minimum absolute atomic E-state index is 0.0377. The Hall–Kier alpha value is -3.47. The van der Waals surface area contributed by atoms with Crippen molar-refractivity contribution in [3.8, 4) is 0 Å². The van der Waals surface area contributed by atoms with Crippen molar-refractivity contribution in [2.24, 2.45) is 0 Å². The van der Waals surface area contributed by atoms with Crippen LogP contribution in [0.15, 0.2) is 54.7 Å². The zero-order valence-electron chi connectivity index (χ0n) is 18.9. The van der Waals surface area contributed by atoms with E-state index in [-0.39, 0.29) is 24.6 Å². The van der Waals surface area contributed by atoms with Crippen molar-refractivity contribution in [2.45, 2.75) is 25.1 Å². The first-order valence-electron chi connectivity index (χ1n) is 10.8. The van der Waals surface area contributed by atoms with Crippen molar-refractivity contribution in [3.63, 3.8) is 0 Å². The number of ether oxygens (including phenoxy) is 1. The highest BCUT2D eigenvalue weighted by Gasteiger charge is 2.25. The number of benzene rings is 2. The van der Waals surface area contributed by atoms with Crippen molar-refractivity contribution in [1.29, 1.82) is 0 Å². The summed E-state index contributed by atoms with van der Waals surface area (Å²) in [6.07, 6.45) is -0.366. The van der Waals surface area contributed by atoms with Gasteiger partial charge in [-0.05, 0) is 29.5 Å². The number of likely N-dealkylation sites (N-methyl/N-ethyl adjacent to an activating group) is 1. The quantitative estimate of drug-likeness (QED) is 0.353. The maximum atomic E-state index is 13.6. The molecule has 9 nitrogen and oxygen atoms in total. The first-order chi connectivity index (χ1) is 16.8. The van der Waals surface area contributed by atoms with Gasteiger partial charge in [-0.1, -0.05) is 48.0 Å². The first kappa shape index (κ1) is 26.1. The molecule has 35 heavy (non-hydrogen) atoms. The fourth-order valence-corrected chi connectivity index (χ4v) is 3.53. The summed E-state index contributed by atoms with van der Waals surface area (Å²) in [7, 11) is 1.45. The summed E-state index contributed by atoms with van der Waals surface area (Å²) >= 11 is 5.92. The lowest BCUT2D eigenvalue weighted by atomic mass is 10.1. The van der Waals surface area contributed by atoms with Gasteiger partial charge in [0.15, 0.2) is 0 Å².